The average molecular weight is 215 g/mol. The zero-order valence-corrected chi connectivity index (χ0v) is 9.46. The molecule has 0 spiro atoms. The number of hydrogen-bond donors (Lipinski definition) is 0. The standard InChI is InChI=1S/C9H18N3OP/c13-14(10-4-1-5-10,11-6-2-7-11)12-8-3-9-12/h1-9H2. The highest BCUT2D eigenvalue weighted by Crippen LogP contribution is 2.61. The van der Waals surface area contributed by atoms with Crippen LogP contribution < -0.4 is 0 Å². The van der Waals surface area contributed by atoms with E-state index in [4.69, 9.17) is 0 Å². The van der Waals surface area contributed by atoms with Gasteiger partial charge < -0.3 is 0 Å². The van der Waals surface area contributed by atoms with Gasteiger partial charge in [-0.2, -0.15) is 0 Å². The van der Waals surface area contributed by atoms with Crippen molar-refractivity contribution in [3.05, 3.63) is 0 Å². The Morgan fingerprint density at radius 1 is 0.643 bits per heavy atom. The molecular formula is C9H18N3OP. The molecule has 0 aromatic rings. The van der Waals surface area contributed by atoms with Crippen molar-refractivity contribution in [1.29, 1.82) is 0 Å². The second kappa shape index (κ2) is 3.31. The maximum absolute atomic E-state index is 12.9. The van der Waals surface area contributed by atoms with Gasteiger partial charge in [0.2, 0.25) is 0 Å². The molecule has 0 atom stereocenters. The summed E-state index contributed by atoms with van der Waals surface area (Å²) in [6.07, 6.45) is 3.68. The fourth-order valence-corrected chi connectivity index (χ4v) is 5.70. The van der Waals surface area contributed by atoms with E-state index in [0.29, 0.717) is 0 Å². The van der Waals surface area contributed by atoms with Gasteiger partial charge in [-0.15, -0.1) is 0 Å². The molecule has 80 valence electrons. The molecule has 0 N–H and O–H groups in total. The van der Waals surface area contributed by atoms with Crippen molar-refractivity contribution in [3.63, 3.8) is 0 Å². The Morgan fingerprint density at radius 3 is 1.07 bits per heavy atom. The summed E-state index contributed by atoms with van der Waals surface area (Å²) >= 11 is 0. The van der Waals surface area contributed by atoms with Crippen LogP contribution in [0, 0.1) is 0 Å². The van der Waals surface area contributed by atoms with Gasteiger partial charge in [0.1, 0.15) is 0 Å². The van der Waals surface area contributed by atoms with E-state index in [0.717, 1.165) is 39.3 Å². The normalized spacial score (nSPS) is 30.6. The second-order valence-electron chi connectivity index (χ2n) is 4.43. The summed E-state index contributed by atoms with van der Waals surface area (Å²) in [6, 6.07) is 0. The second-order valence-corrected chi connectivity index (χ2v) is 7.16. The van der Waals surface area contributed by atoms with E-state index < -0.39 is 7.59 Å². The molecule has 4 nitrogen and oxygen atoms in total. The van der Waals surface area contributed by atoms with Gasteiger partial charge in [0, 0.05) is 39.3 Å². The van der Waals surface area contributed by atoms with Gasteiger partial charge in [0.25, 0.3) is 7.59 Å². The zero-order valence-electron chi connectivity index (χ0n) is 8.56. The maximum atomic E-state index is 12.9. The van der Waals surface area contributed by atoms with E-state index in [1.165, 1.54) is 19.3 Å². The lowest BCUT2D eigenvalue weighted by Crippen LogP contribution is -2.53. The predicted octanol–water partition coefficient (Wildman–Crippen LogP) is 1.21. The molecule has 0 saturated carbocycles. The first-order valence-electron chi connectivity index (χ1n) is 5.68. The Hall–Kier alpha value is 0.110. The van der Waals surface area contributed by atoms with Gasteiger partial charge in [-0.3, -0.25) is 4.57 Å². The average Bonchev–Trinajstić information content (AvgIpc) is 1.69. The van der Waals surface area contributed by atoms with Crippen molar-refractivity contribution < 1.29 is 4.57 Å². The summed E-state index contributed by atoms with van der Waals surface area (Å²) < 4.78 is 19.6. The van der Waals surface area contributed by atoms with Crippen LogP contribution >= 0.6 is 7.59 Å². The highest BCUT2D eigenvalue weighted by Gasteiger charge is 2.48. The lowest BCUT2D eigenvalue weighted by Gasteiger charge is -2.53. The Labute approximate surface area is 85.4 Å². The maximum Gasteiger partial charge on any atom is 0.286 e. The molecule has 0 radical (unpaired) electrons. The summed E-state index contributed by atoms with van der Waals surface area (Å²) in [5.41, 5.74) is 0. The fraction of sp³-hybridized carbons (Fsp3) is 1.00. The van der Waals surface area contributed by atoms with Crippen LogP contribution in [0.1, 0.15) is 19.3 Å². The van der Waals surface area contributed by atoms with E-state index in [-0.39, 0.29) is 0 Å². The highest BCUT2D eigenvalue weighted by atomic mass is 31.2. The van der Waals surface area contributed by atoms with E-state index in [9.17, 15) is 4.57 Å². The van der Waals surface area contributed by atoms with Gasteiger partial charge in [-0.05, 0) is 19.3 Å². The Kier molecular flexibility index (Phi) is 2.21. The first kappa shape index (κ1) is 9.34. The number of hydrogen-bond acceptors (Lipinski definition) is 1. The number of rotatable bonds is 3. The van der Waals surface area contributed by atoms with Crippen LogP contribution in [0.25, 0.3) is 0 Å². The van der Waals surface area contributed by atoms with Gasteiger partial charge in [-0.25, -0.2) is 14.0 Å². The molecule has 0 bridgehead atoms. The van der Waals surface area contributed by atoms with E-state index in [1.807, 2.05) is 0 Å². The third kappa shape index (κ3) is 1.15. The first-order chi connectivity index (χ1) is 6.82. The summed E-state index contributed by atoms with van der Waals surface area (Å²) in [4.78, 5) is 0. The highest BCUT2D eigenvalue weighted by molar-refractivity contribution is 7.56. The zero-order chi connectivity index (χ0) is 9.60. The summed E-state index contributed by atoms with van der Waals surface area (Å²) in [6.45, 7) is 6.28. The quantitative estimate of drug-likeness (QED) is 0.661. The third-order valence-electron chi connectivity index (χ3n) is 3.60. The molecule has 3 heterocycles. The van der Waals surface area contributed by atoms with Crippen LogP contribution in [0.5, 0.6) is 0 Å². The summed E-state index contributed by atoms with van der Waals surface area (Å²) in [7, 11) is -2.23. The molecule has 0 aliphatic carbocycles. The molecule has 5 heteroatoms. The largest absolute Gasteiger partial charge is 0.286 e. The number of nitrogens with zero attached hydrogens (tertiary/aromatic N) is 3. The van der Waals surface area contributed by atoms with Crippen LogP contribution in [0.2, 0.25) is 0 Å². The van der Waals surface area contributed by atoms with Gasteiger partial charge in [-0.1, -0.05) is 0 Å². The van der Waals surface area contributed by atoms with E-state index in [2.05, 4.69) is 14.0 Å². The van der Waals surface area contributed by atoms with Crippen molar-refractivity contribution in [2.75, 3.05) is 39.3 Å². The minimum Gasteiger partial charge on any atom is -0.270 e. The molecule has 3 fully saturated rings. The minimum absolute atomic E-state index is 1.05. The lowest BCUT2D eigenvalue weighted by molar-refractivity contribution is 0.167. The topological polar surface area (TPSA) is 26.8 Å². The molecule has 0 aromatic heterocycles. The Balaban J connectivity index is 1.80. The summed E-state index contributed by atoms with van der Waals surface area (Å²) in [5, 5.41) is 0. The molecule has 0 aromatic carbocycles. The van der Waals surface area contributed by atoms with Crippen LogP contribution in [0.15, 0.2) is 0 Å². The van der Waals surface area contributed by atoms with Gasteiger partial charge >= 0.3 is 0 Å². The van der Waals surface area contributed by atoms with Crippen molar-refractivity contribution >= 4 is 7.59 Å². The molecule has 3 aliphatic rings. The van der Waals surface area contributed by atoms with Crippen molar-refractivity contribution in [2.24, 2.45) is 0 Å². The Morgan fingerprint density at radius 2 is 0.929 bits per heavy atom. The lowest BCUT2D eigenvalue weighted by atomic mass is 10.3. The third-order valence-corrected chi connectivity index (χ3v) is 7.01. The molecule has 0 amide bonds. The Bertz CT molecular complexity index is 228. The molecule has 3 aliphatic heterocycles. The molecule has 3 saturated heterocycles. The van der Waals surface area contributed by atoms with E-state index in [1.54, 1.807) is 0 Å². The van der Waals surface area contributed by atoms with Gasteiger partial charge in [0.15, 0.2) is 0 Å². The predicted molar refractivity (Wildman–Crippen MR) is 56.2 cm³/mol. The monoisotopic (exact) mass is 215 g/mol. The minimum atomic E-state index is -2.23. The van der Waals surface area contributed by atoms with Gasteiger partial charge in [0.05, 0.1) is 0 Å². The molecule has 0 unspecified atom stereocenters. The van der Waals surface area contributed by atoms with Crippen LogP contribution in [0.3, 0.4) is 0 Å². The van der Waals surface area contributed by atoms with Crippen molar-refractivity contribution in [2.45, 2.75) is 19.3 Å². The van der Waals surface area contributed by atoms with Crippen molar-refractivity contribution in [3.8, 4) is 0 Å². The summed E-state index contributed by atoms with van der Waals surface area (Å²) in [5.74, 6) is 0. The van der Waals surface area contributed by atoms with E-state index >= 15 is 0 Å². The van der Waals surface area contributed by atoms with Crippen molar-refractivity contribution in [1.82, 2.24) is 14.0 Å². The van der Waals surface area contributed by atoms with Crippen LogP contribution in [0.4, 0.5) is 0 Å². The van der Waals surface area contributed by atoms with Crippen LogP contribution in [-0.2, 0) is 4.57 Å². The fourth-order valence-electron chi connectivity index (χ4n) is 2.22. The molecule has 14 heavy (non-hydrogen) atoms. The first-order valence-corrected chi connectivity index (χ1v) is 7.25. The molecule has 3 rings (SSSR count). The SMILES string of the molecule is O=P(N1CCC1)(N1CCC1)N1CCC1. The smallest absolute Gasteiger partial charge is 0.270 e. The molecular weight excluding hydrogens is 197 g/mol. The van der Waals surface area contributed by atoms with Crippen LogP contribution in [-0.4, -0.2) is 53.3 Å².